The lowest BCUT2D eigenvalue weighted by molar-refractivity contribution is -0.387. The van der Waals surface area contributed by atoms with E-state index in [1.807, 2.05) is 4.90 Å². The SMILES string of the molecule is NC(=O)c1ccc(SCC(=O)Nc2c(F)cccc2N2CCCC2)c([N+](=O)[O-])c1. The number of benzene rings is 2. The van der Waals surface area contributed by atoms with Gasteiger partial charge in [0.25, 0.3) is 5.69 Å². The minimum Gasteiger partial charge on any atom is -0.370 e. The van der Waals surface area contributed by atoms with Gasteiger partial charge in [-0.3, -0.25) is 19.7 Å². The van der Waals surface area contributed by atoms with Crippen molar-refractivity contribution in [3.63, 3.8) is 0 Å². The molecule has 1 fully saturated rings. The molecule has 0 aliphatic carbocycles. The number of thioether (sulfide) groups is 1. The summed E-state index contributed by atoms with van der Waals surface area (Å²) >= 11 is 0.925. The van der Waals surface area contributed by atoms with Crippen LogP contribution in [0.4, 0.5) is 21.5 Å². The van der Waals surface area contributed by atoms with Gasteiger partial charge in [0.15, 0.2) is 0 Å². The molecular weight excluding hydrogens is 399 g/mol. The number of nitrogens with two attached hydrogens (primary N) is 1. The smallest absolute Gasteiger partial charge is 0.283 e. The average molecular weight is 418 g/mol. The maximum atomic E-state index is 14.3. The van der Waals surface area contributed by atoms with E-state index in [2.05, 4.69) is 5.32 Å². The monoisotopic (exact) mass is 418 g/mol. The summed E-state index contributed by atoms with van der Waals surface area (Å²) in [6.45, 7) is 1.58. The highest BCUT2D eigenvalue weighted by molar-refractivity contribution is 8.00. The number of nitro groups is 1. The minimum absolute atomic E-state index is 0.00659. The number of hydrogen-bond acceptors (Lipinski definition) is 6. The van der Waals surface area contributed by atoms with Gasteiger partial charge in [0.05, 0.1) is 21.3 Å². The molecule has 8 nitrogen and oxygen atoms in total. The molecule has 3 N–H and O–H groups in total. The zero-order chi connectivity index (χ0) is 21.0. The molecule has 0 unspecified atom stereocenters. The number of carbonyl (C=O) groups is 2. The van der Waals surface area contributed by atoms with E-state index >= 15 is 0 Å². The van der Waals surface area contributed by atoms with Gasteiger partial charge in [-0.05, 0) is 37.1 Å². The fraction of sp³-hybridized carbons (Fsp3) is 0.263. The predicted molar refractivity (Wildman–Crippen MR) is 109 cm³/mol. The Kier molecular flexibility index (Phi) is 6.32. The molecule has 29 heavy (non-hydrogen) atoms. The molecule has 3 rings (SSSR count). The number of anilines is 2. The topological polar surface area (TPSA) is 119 Å². The van der Waals surface area contributed by atoms with Crippen LogP contribution >= 0.6 is 11.8 Å². The van der Waals surface area contributed by atoms with E-state index in [9.17, 15) is 24.1 Å². The largest absolute Gasteiger partial charge is 0.370 e. The molecule has 10 heteroatoms. The number of nitro benzene ring substituents is 1. The molecule has 1 heterocycles. The van der Waals surface area contributed by atoms with Crippen LogP contribution in [0.15, 0.2) is 41.3 Å². The molecule has 0 spiro atoms. The molecule has 2 amide bonds. The van der Waals surface area contributed by atoms with Crippen LogP contribution in [0.25, 0.3) is 0 Å². The van der Waals surface area contributed by atoms with Crippen LogP contribution in [0.3, 0.4) is 0 Å². The summed E-state index contributed by atoms with van der Waals surface area (Å²) in [7, 11) is 0. The Bertz CT molecular complexity index is 963. The van der Waals surface area contributed by atoms with Crippen LogP contribution in [0, 0.1) is 15.9 Å². The molecule has 0 radical (unpaired) electrons. The molecule has 1 saturated heterocycles. The van der Waals surface area contributed by atoms with Gasteiger partial charge in [-0.1, -0.05) is 6.07 Å². The minimum atomic E-state index is -0.781. The number of nitrogens with one attached hydrogen (secondary N) is 1. The van der Waals surface area contributed by atoms with Gasteiger partial charge in [0.1, 0.15) is 11.5 Å². The number of hydrogen-bond donors (Lipinski definition) is 2. The number of halogens is 1. The van der Waals surface area contributed by atoms with Gasteiger partial charge in [0, 0.05) is 24.7 Å². The van der Waals surface area contributed by atoms with Crippen molar-refractivity contribution in [2.24, 2.45) is 5.73 Å². The van der Waals surface area contributed by atoms with Gasteiger partial charge in [0.2, 0.25) is 11.8 Å². The molecule has 152 valence electrons. The van der Waals surface area contributed by atoms with Crippen LogP contribution in [0.2, 0.25) is 0 Å². The Morgan fingerprint density at radius 3 is 2.62 bits per heavy atom. The van der Waals surface area contributed by atoms with E-state index in [0.717, 1.165) is 43.8 Å². The lowest BCUT2D eigenvalue weighted by Gasteiger charge is -2.22. The molecule has 0 atom stereocenters. The summed E-state index contributed by atoms with van der Waals surface area (Å²) < 4.78 is 14.3. The zero-order valence-corrected chi connectivity index (χ0v) is 16.2. The van der Waals surface area contributed by atoms with Crippen LogP contribution in [-0.2, 0) is 4.79 Å². The number of amides is 2. The van der Waals surface area contributed by atoms with Gasteiger partial charge < -0.3 is 16.0 Å². The second-order valence-electron chi connectivity index (χ2n) is 6.47. The van der Waals surface area contributed by atoms with Gasteiger partial charge in [-0.25, -0.2) is 4.39 Å². The first-order chi connectivity index (χ1) is 13.9. The summed E-state index contributed by atoms with van der Waals surface area (Å²) in [4.78, 5) is 36.5. The third kappa shape index (κ3) is 4.83. The van der Waals surface area contributed by atoms with Crippen molar-refractivity contribution >= 4 is 40.6 Å². The fourth-order valence-electron chi connectivity index (χ4n) is 3.11. The zero-order valence-electron chi connectivity index (χ0n) is 15.4. The van der Waals surface area contributed by atoms with E-state index in [-0.39, 0.29) is 27.6 Å². The first kappa shape index (κ1) is 20.6. The van der Waals surface area contributed by atoms with Gasteiger partial charge in [-0.2, -0.15) is 0 Å². The Morgan fingerprint density at radius 2 is 1.97 bits per heavy atom. The average Bonchev–Trinajstić information content (AvgIpc) is 3.22. The first-order valence-corrected chi connectivity index (χ1v) is 9.89. The summed E-state index contributed by atoms with van der Waals surface area (Å²) in [5.74, 6) is -1.97. The van der Waals surface area contributed by atoms with E-state index in [1.54, 1.807) is 12.1 Å². The van der Waals surface area contributed by atoms with Crippen LogP contribution < -0.4 is 16.0 Å². The number of para-hydroxylation sites is 1. The van der Waals surface area contributed by atoms with E-state index < -0.39 is 22.6 Å². The van der Waals surface area contributed by atoms with Crippen molar-refractivity contribution in [1.29, 1.82) is 0 Å². The van der Waals surface area contributed by atoms with Crippen molar-refractivity contribution in [3.8, 4) is 0 Å². The molecular formula is C19H19FN4O4S. The number of nitrogens with zero attached hydrogens (tertiary/aromatic N) is 2. The second-order valence-corrected chi connectivity index (χ2v) is 7.49. The van der Waals surface area contributed by atoms with Crippen LogP contribution in [0.5, 0.6) is 0 Å². The van der Waals surface area contributed by atoms with Gasteiger partial charge in [-0.15, -0.1) is 11.8 Å². The first-order valence-electron chi connectivity index (χ1n) is 8.91. The maximum absolute atomic E-state index is 14.3. The number of primary amides is 1. The quantitative estimate of drug-likeness (QED) is 0.405. The molecule has 0 aromatic heterocycles. The van der Waals surface area contributed by atoms with E-state index in [1.165, 1.54) is 18.2 Å². The lowest BCUT2D eigenvalue weighted by Crippen LogP contribution is -2.22. The predicted octanol–water partition coefficient (Wildman–Crippen LogP) is 3.16. The molecule has 1 aliphatic rings. The number of rotatable bonds is 7. The standard InChI is InChI=1S/C19H19FN4O4S/c20-13-4-3-5-14(23-8-1-2-9-23)18(13)22-17(25)11-29-16-7-6-12(19(21)26)10-15(16)24(27)28/h3-7,10H,1-2,8-9,11H2,(H2,21,26)(H,22,25). The third-order valence-electron chi connectivity index (χ3n) is 4.50. The highest BCUT2D eigenvalue weighted by atomic mass is 32.2. The summed E-state index contributed by atoms with van der Waals surface area (Å²) in [6, 6.07) is 8.43. The van der Waals surface area contributed by atoms with Crippen molar-refractivity contribution in [1.82, 2.24) is 0 Å². The van der Waals surface area contributed by atoms with Crippen molar-refractivity contribution < 1.29 is 18.9 Å². The Morgan fingerprint density at radius 1 is 1.24 bits per heavy atom. The van der Waals surface area contributed by atoms with Gasteiger partial charge >= 0.3 is 0 Å². The molecule has 0 saturated carbocycles. The fourth-order valence-corrected chi connectivity index (χ4v) is 3.92. The maximum Gasteiger partial charge on any atom is 0.283 e. The van der Waals surface area contributed by atoms with E-state index in [0.29, 0.717) is 5.69 Å². The summed E-state index contributed by atoms with van der Waals surface area (Å²) in [5.41, 5.74) is 5.57. The Labute approximate surface area is 170 Å². The highest BCUT2D eigenvalue weighted by Gasteiger charge is 2.21. The third-order valence-corrected chi connectivity index (χ3v) is 5.56. The summed E-state index contributed by atoms with van der Waals surface area (Å²) in [5, 5.41) is 13.8. The van der Waals surface area contributed by atoms with Crippen LogP contribution in [0.1, 0.15) is 23.2 Å². The Balaban J connectivity index is 1.73. The number of carbonyl (C=O) groups excluding carboxylic acids is 2. The van der Waals surface area contributed by atoms with E-state index in [4.69, 9.17) is 5.73 Å². The molecule has 2 aromatic rings. The van der Waals surface area contributed by atoms with Crippen molar-refractivity contribution in [2.75, 3.05) is 29.1 Å². The van der Waals surface area contributed by atoms with Crippen LogP contribution in [-0.4, -0.2) is 35.6 Å². The second kappa shape index (κ2) is 8.91. The molecule has 0 bridgehead atoms. The lowest BCUT2D eigenvalue weighted by atomic mass is 10.2. The van der Waals surface area contributed by atoms with Crippen molar-refractivity contribution in [2.45, 2.75) is 17.7 Å². The highest BCUT2D eigenvalue weighted by Crippen LogP contribution is 2.33. The van der Waals surface area contributed by atoms with Crippen molar-refractivity contribution in [3.05, 3.63) is 57.9 Å². The Hall–Kier alpha value is -3.14. The molecule has 2 aromatic carbocycles. The molecule has 1 aliphatic heterocycles. The normalized spacial score (nSPS) is 13.3. The summed E-state index contributed by atoms with van der Waals surface area (Å²) in [6.07, 6.45) is 2.01.